The van der Waals surface area contributed by atoms with Crippen LogP contribution < -0.4 is 5.32 Å². The minimum absolute atomic E-state index is 0.201. The Kier molecular flexibility index (Phi) is 4.27. The van der Waals surface area contributed by atoms with Gasteiger partial charge in [-0.1, -0.05) is 0 Å². The minimum Gasteiger partial charge on any atom is -0.481 e. The summed E-state index contributed by atoms with van der Waals surface area (Å²) in [6.07, 6.45) is 3.12. The Bertz CT molecular complexity index is 687. The zero-order valence-electron chi connectivity index (χ0n) is 13.4. The highest BCUT2D eigenvalue weighted by atomic mass is 16.4. The average molecular weight is 315 g/mol. The molecular weight excluding hydrogens is 294 g/mol. The number of nitrogens with one attached hydrogen (secondary N) is 1. The van der Waals surface area contributed by atoms with Gasteiger partial charge in [0, 0.05) is 11.7 Å². The predicted octanol–water partition coefficient (Wildman–Crippen LogP) is 2.33. The van der Waals surface area contributed by atoms with Crippen LogP contribution >= 0.6 is 0 Å². The number of aliphatic carboxylic acids is 1. The lowest BCUT2D eigenvalue weighted by Crippen LogP contribution is -2.29. The number of carboxylic acid groups (broad SMARTS) is 1. The third kappa shape index (κ3) is 3.49. The van der Waals surface area contributed by atoms with Crippen molar-refractivity contribution >= 4 is 11.8 Å². The Balaban J connectivity index is 1.62. The highest BCUT2D eigenvalue weighted by Crippen LogP contribution is 2.26. The monoisotopic (exact) mass is 315 g/mol. The molecule has 0 bridgehead atoms. The van der Waals surface area contributed by atoms with Crippen LogP contribution in [0.2, 0.25) is 0 Å². The largest absolute Gasteiger partial charge is 0.481 e. The molecule has 0 radical (unpaired) electrons. The summed E-state index contributed by atoms with van der Waals surface area (Å²) < 4.78 is 1.77. The number of hydrogen-bond donors (Lipinski definition) is 2. The fourth-order valence-corrected chi connectivity index (χ4v) is 3.07. The van der Waals surface area contributed by atoms with Gasteiger partial charge in [-0.15, -0.1) is 10.2 Å². The molecule has 0 aliphatic heterocycles. The van der Waals surface area contributed by atoms with E-state index in [-0.39, 0.29) is 12.0 Å². The molecule has 7 nitrogen and oxygen atoms in total. The van der Waals surface area contributed by atoms with Gasteiger partial charge in [0.2, 0.25) is 0 Å². The quantitative estimate of drug-likeness (QED) is 0.899. The van der Waals surface area contributed by atoms with Gasteiger partial charge in [-0.05, 0) is 57.7 Å². The first-order valence-corrected chi connectivity index (χ1v) is 7.89. The van der Waals surface area contributed by atoms with E-state index in [4.69, 9.17) is 5.11 Å². The molecule has 1 aliphatic rings. The van der Waals surface area contributed by atoms with Gasteiger partial charge in [0.1, 0.15) is 5.82 Å². The molecule has 23 heavy (non-hydrogen) atoms. The number of hydrogen-bond acceptors (Lipinski definition) is 5. The van der Waals surface area contributed by atoms with Crippen LogP contribution in [-0.4, -0.2) is 37.1 Å². The molecule has 1 saturated carbocycles. The number of carboxylic acids is 1. The topological polar surface area (TPSA) is 92.9 Å². The molecule has 3 rings (SSSR count). The first kappa shape index (κ1) is 15.5. The summed E-state index contributed by atoms with van der Waals surface area (Å²) in [7, 11) is 0. The smallest absolute Gasteiger partial charge is 0.306 e. The normalized spacial score (nSPS) is 21.1. The third-order valence-corrected chi connectivity index (χ3v) is 4.31. The molecule has 0 atom stereocenters. The Morgan fingerprint density at radius 2 is 1.96 bits per heavy atom. The van der Waals surface area contributed by atoms with Crippen LogP contribution in [0.4, 0.5) is 5.82 Å². The second-order valence-electron chi connectivity index (χ2n) is 6.15. The Hall–Kier alpha value is -2.44. The molecule has 0 amide bonds. The van der Waals surface area contributed by atoms with E-state index >= 15 is 0 Å². The van der Waals surface area contributed by atoms with Crippen LogP contribution in [-0.2, 0) is 4.79 Å². The molecule has 1 fully saturated rings. The molecular formula is C16H21N5O2. The predicted molar refractivity (Wildman–Crippen MR) is 85.6 cm³/mol. The van der Waals surface area contributed by atoms with Crippen molar-refractivity contribution in [2.75, 3.05) is 5.32 Å². The molecule has 2 aromatic heterocycles. The lowest BCUT2D eigenvalue weighted by molar-refractivity contribution is -0.142. The minimum atomic E-state index is -0.683. The second kappa shape index (κ2) is 6.36. The number of anilines is 1. The van der Waals surface area contributed by atoms with Crippen molar-refractivity contribution in [3.63, 3.8) is 0 Å². The first-order valence-electron chi connectivity index (χ1n) is 7.89. The molecule has 122 valence electrons. The SMILES string of the molecule is Cc1cc(C)n(-c2ccc(NC3CCC(C(=O)O)CC3)nn2)n1. The van der Waals surface area contributed by atoms with Gasteiger partial charge in [0.05, 0.1) is 11.6 Å². The Morgan fingerprint density at radius 3 is 2.48 bits per heavy atom. The molecule has 0 aromatic carbocycles. The summed E-state index contributed by atoms with van der Waals surface area (Å²) in [6.45, 7) is 3.93. The number of rotatable bonds is 4. The van der Waals surface area contributed by atoms with Crippen LogP contribution in [0.5, 0.6) is 0 Å². The number of carbonyl (C=O) groups is 1. The summed E-state index contributed by atoms with van der Waals surface area (Å²) in [5, 5.41) is 25.2. The van der Waals surface area contributed by atoms with E-state index in [0.717, 1.165) is 24.2 Å². The molecule has 2 heterocycles. The summed E-state index contributed by atoms with van der Waals surface area (Å²) in [4.78, 5) is 11.0. The van der Waals surface area contributed by atoms with Crippen LogP contribution in [0, 0.1) is 19.8 Å². The van der Waals surface area contributed by atoms with Crippen molar-refractivity contribution in [1.82, 2.24) is 20.0 Å². The molecule has 2 N–H and O–H groups in total. The first-order chi connectivity index (χ1) is 11.0. The van der Waals surface area contributed by atoms with Crippen molar-refractivity contribution in [1.29, 1.82) is 0 Å². The van der Waals surface area contributed by atoms with Crippen LogP contribution in [0.15, 0.2) is 18.2 Å². The van der Waals surface area contributed by atoms with Gasteiger partial charge in [-0.2, -0.15) is 5.10 Å². The van der Waals surface area contributed by atoms with Crippen molar-refractivity contribution < 1.29 is 9.90 Å². The summed E-state index contributed by atoms with van der Waals surface area (Å²) >= 11 is 0. The number of aryl methyl sites for hydroxylation is 2. The zero-order chi connectivity index (χ0) is 16.4. The van der Waals surface area contributed by atoms with Gasteiger partial charge in [0.15, 0.2) is 5.82 Å². The Labute approximate surface area is 134 Å². The third-order valence-electron chi connectivity index (χ3n) is 4.31. The van der Waals surface area contributed by atoms with E-state index in [1.807, 2.05) is 32.0 Å². The van der Waals surface area contributed by atoms with Gasteiger partial charge in [0.25, 0.3) is 0 Å². The number of nitrogens with zero attached hydrogens (tertiary/aromatic N) is 4. The zero-order valence-corrected chi connectivity index (χ0v) is 13.4. The lowest BCUT2D eigenvalue weighted by atomic mass is 9.86. The molecule has 0 saturated heterocycles. The standard InChI is InChI=1S/C16H21N5O2/c1-10-9-11(2)21(20-10)15-8-7-14(18-19-15)17-13-5-3-12(4-6-13)16(22)23/h7-9,12-13H,3-6H2,1-2H3,(H,17,18)(H,22,23). The van der Waals surface area contributed by atoms with E-state index in [2.05, 4.69) is 20.6 Å². The van der Waals surface area contributed by atoms with Crippen molar-refractivity contribution in [2.24, 2.45) is 5.92 Å². The number of aromatic nitrogens is 4. The fourth-order valence-electron chi connectivity index (χ4n) is 3.07. The lowest BCUT2D eigenvalue weighted by Gasteiger charge is -2.27. The summed E-state index contributed by atoms with van der Waals surface area (Å²) in [5.41, 5.74) is 1.96. The van der Waals surface area contributed by atoms with E-state index in [1.54, 1.807) is 4.68 Å². The highest BCUT2D eigenvalue weighted by molar-refractivity contribution is 5.70. The highest BCUT2D eigenvalue weighted by Gasteiger charge is 2.25. The molecule has 1 aliphatic carbocycles. The maximum absolute atomic E-state index is 11.0. The molecule has 7 heteroatoms. The fraction of sp³-hybridized carbons (Fsp3) is 0.500. The van der Waals surface area contributed by atoms with Crippen molar-refractivity contribution in [2.45, 2.75) is 45.6 Å². The van der Waals surface area contributed by atoms with Gasteiger partial charge in [-0.3, -0.25) is 4.79 Å². The van der Waals surface area contributed by atoms with Crippen molar-refractivity contribution in [3.8, 4) is 5.82 Å². The Morgan fingerprint density at radius 1 is 1.22 bits per heavy atom. The average Bonchev–Trinajstić information content (AvgIpc) is 2.87. The van der Waals surface area contributed by atoms with E-state index in [0.29, 0.717) is 24.5 Å². The van der Waals surface area contributed by atoms with Gasteiger partial charge >= 0.3 is 5.97 Å². The summed E-state index contributed by atoms with van der Waals surface area (Å²) in [6, 6.07) is 6.04. The van der Waals surface area contributed by atoms with Crippen molar-refractivity contribution in [3.05, 3.63) is 29.6 Å². The van der Waals surface area contributed by atoms with E-state index in [1.165, 1.54) is 0 Å². The summed E-state index contributed by atoms with van der Waals surface area (Å²) in [5.74, 6) is 0.523. The van der Waals surface area contributed by atoms with Gasteiger partial charge in [-0.25, -0.2) is 4.68 Å². The van der Waals surface area contributed by atoms with E-state index < -0.39 is 5.97 Å². The molecule has 0 spiro atoms. The van der Waals surface area contributed by atoms with Gasteiger partial charge < -0.3 is 10.4 Å². The van der Waals surface area contributed by atoms with Crippen LogP contribution in [0.1, 0.15) is 37.1 Å². The second-order valence-corrected chi connectivity index (χ2v) is 6.15. The van der Waals surface area contributed by atoms with Crippen LogP contribution in [0.25, 0.3) is 5.82 Å². The maximum atomic E-state index is 11.0. The molecule has 0 unspecified atom stereocenters. The van der Waals surface area contributed by atoms with Crippen LogP contribution in [0.3, 0.4) is 0 Å². The van der Waals surface area contributed by atoms with E-state index in [9.17, 15) is 4.79 Å². The molecule has 2 aromatic rings. The maximum Gasteiger partial charge on any atom is 0.306 e.